The van der Waals surface area contributed by atoms with Crippen LogP contribution in [0.1, 0.15) is 10.4 Å². The van der Waals surface area contributed by atoms with Crippen LogP contribution in [0.4, 0.5) is 23.2 Å². The van der Waals surface area contributed by atoms with E-state index < -0.39 is 24.5 Å². The molecule has 0 aliphatic carbocycles. The number of nitrogens with one attached hydrogen (secondary N) is 1. The summed E-state index contributed by atoms with van der Waals surface area (Å²) in [6, 6.07) is 3.39. The SMILES string of the molecule is Nc1cc(C(=O)NCCOCC(F)(F)F)ccc1F. The molecule has 0 spiro atoms. The Balaban J connectivity index is 2.33. The van der Waals surface area contributed by atoms with E-state index in [-0.39, 0.29) is 24.4 Å². The second-order valence-electron chi connectivity index (χ2n) is 3.66. The van der Waals surface area contributed by atoms with Gasteiger partial charge in [0.2, 0.25) is 0 Å². The number of benzene rings is 1. The van der Waals surface area contributed by atoms with Gasteiger partial charge in [0.15, 0.2) is 0 Å². The summed E-state index contributed by atoms with van der Waals surface area (Å²) in [4.78, 5) is 11.5. The van der Waals surface area contributed by atoms with Crippen LogP contribution in [0.15, 0.2) is 18.2 Å². The molecule has 0 atom stereocenters. The average Bonchev–Trinajstić information content (AvgIpc) is 2.30. The van der Waals surface area contributed by atoms with Crippen LogP contribution in [0.3, 0.4) is 0 Å². The summed E-state index contributed by atoms with van der Waals surface area (Å²) in [5, 5.41) is 2.32. The minimum absolute atomic E-state index is 0.0911. The van der Waals surface area contributed by atoms with Gasteiger partial charge in [-0.2, -0.15) is 13.2 Å². The summed E-state index contributed by atoms with van der Waals surface area (Å²) in [7, 11) is 0. The summed E-state index contributed by atoms with van der Waals surface area (Å²) in [6.07, 6.45) is -4.39. The van der Waals surface area contributed by atoms with Crippen molar-refractivity contribution in [3.05, 3.63) is 29.6 Å². The zero-order chi connectivity index (χ0) is 14.5. The van der Waals surface area contributed by atoms with Gasteiger partial charge in [0.05, 0.1) is 12.3 Å². The summed E-state index contributed by atoms with van der Waals surface area (Å²) in [5.74, 6) is -1.22. The molecule has 0 aromatic heterocycles. The highest BCUT2D eigenvalue weighted by atomic mass is 19.4. The van der Waals surface area contributed by atoms with Gasteiger partial charge in [0, 0.05) is 12.1 Å². The third kappa shape index (κ3) is 5.56. The maximum atomic E-state index is 12.8. The molecule has 0 radical (unpaired) electrons. The van der Waals surface area contributed by atoms with Crippen LogP contribution in [-0.4, -0.2) is 31.8 Å². The third-order valence-electron chi connectivity index (χ3n) is 2.06. The Morgan fingerprint density at radius 2 is 2.05 bits per heavy atom. The van der Waals surface area contributed by atoms with Gasteiger partial charge < -0.3 is 15.8 Å². The highest BCUT2D eigenvalue weighted by Crippen LogP contribution is 2.14. The number of anilines is 1. The molecular formula is C11H12F4N2O2. The van der Waals surface area contributed by atoms with Crippen molar-refractivity contribution in [1.82, 2.24) is 5.32 Å². The molecule has 1 aromatic rings. The first kappa shape index (κ1) is 15.2. The lowest BCUT2D eigenvalue weighted by atomic mass is 10.2. The molecule has 106 valence electrons. The largest absolute Gasteiger partial charge is 0.411 e. The van der Waals surface area contributed by atoms with E-state index >= 15 is 0 Å². The number of hydrogen-bond acceptors (Lipinski definition) is 3. The molecule has 0 saturated carbocycles. The Labute approximate surface area is 106 Å². The normalized spacial score (nSPS) is 11.4. The van der Waals surface area contributed by atoms with Crippen molar-refractivity contribution in [3.63, 3.8) is 0 Å². The number of rotatable bonds is 5. The summed E-state index contributed by atoms with van der Waals surface area (Å²) in [6.45, 7) is -1.74. The molecule has 19 heavy (non-hydrogen) atoms. The fourth-order valence-electron chi connectivity index (χ4n) is 1.21. The zero-order valence-electron chi connectivity index (χ0n) is 9.76. The minimum atomic E-state index is -4.39. The maximum Gasteiger partial charge on any atom is 0.411 e. The van der Waals surface area contributed by atoms with Crippen LogP contribution >= 0.6 is 0 Å². The second-order valence-corrected chi connectivity index (χ2v) is 3.66. The summed E-state index contributed by atoms with van der Waals surface area (Å²) in [5.41, 5.74) is 5.22. The van der Waals surface area contributed by atoms with E-state index in [0.29, 0.717) is 0 Å². The van der Waals surface area contributed by atoms with Gasteiger partial charge in [-0.05, 0) is 18.2 Å². The molecule has 1 aromatic carbocycles. The lowest BCUT2D eigenvalue weighted by Crippen LogP contribution is -2.29. The van der Waals surface area contributed by atoms with Crippen LogP contribution in [0.25, 0.3) is 0 Å². The number of ether oxygens (including phenoxy) is 1. The molecule has 1 rings (SSSR count). The molecule has 0 fully saturated rings. The molecule has 0 bridgehead atoms. The molecule has 4 nitrogen and oxygen atoms in total. The first-order valence-electron chi connectivity index (χ1n) is 5.27. The predicted molar refractivity (Wildman–Crippen MR) is 60.0 cm³/mol. The van der Waals surface area contributed by atoms with E-state index in [1.807, 2.05) is 0 Å². The second kappa shape index (κ2) is 6.37. The lowest BCUT2D eigenvalue weighted by Gasteiger charge is -2.09. The van der Waals surface area contributed by atoms with Crippen LogP contribution < -0.4 is 11.1 Å². The quantitative estimate of drug-likeness (QED) is 0.490. The number of alkyl halides is 3. The van der Waals surface area contributed by atoms with Gasteiger partial charge >= 0.3 is 6.18 Å². The Morgan fingerprint density at radius 3 is 2.63 bits per heavy atom. The van der Waals surface area contributed by atoms with Crippen molar-refractivity contribution in [2.24, 2.45) is 0 Å². The molecule has 0 unspecified atom stereocenters. The van der Waals surface area contributed by atoms with Crippen LogP contribution in [-0.2, 0) is 4.74 Å². The van der Waals surface area contributed by atoms with E-state index in [9.17, 15) is 22.4 Å². The minimum Gasteiger partial charge on any atom is -0.396 e. The number of nitrogens with two attached hydrogens (primary N) is 1. The van der Waals surface area contributed by atoms with E-state index in [1.165, 1.54) is 6.07 Å². The van der Waals surface area contributed by atoms with Crippen LogP contribution in [0.5, 0.6) is 0 Å². The van der Waals surface area contributed by atoms with Crippen molar-refractivity contribution in [1.29, 1.82) is 0 Å². The third-order valence-corrected chi connectivity index (χ3v) is 2.06. The highest BCUT2D eigenvalue weighted by molar-refractivity contribution is 5.94. The van der Waals surface area contributed by atoms with Crippen molar-refractivity contribution in [2.75, 3.05) is 25.5 Å². The van der Waals surface area contributed by atoms with Crippen LogP contribution in [0.2, 0.25) is 0 Å². The van der Waals surface area contributed by atoms with Gasteiger partial charge in [0.1, 0.15) is 12.4 Å². The number of carbonyl (C=O) groups is 1. The van der Waals surface area contributed by atoms with Crippen molar-refractivity contribution < 1.29 is 27.1 Å². The first-order valence-corrected chi connectivity index (χ1v) is 5.27. The number of halogens is 4. The fraction of sp³-hybridized carbons (Fsp3) is 0.364. The topological polar surface area (TPSA) is 64.4 Å². The predicted octanol–water partition coefficient (Wildman–Crippen LogP) is 1.72. The van der Waals surface area contributed by atoms with E-state index in [4.69, 9.17) is 5.73 Å². The molecule has 1 amide bonds. The van der Waals surface area contributed by atoms with Gasteiger partial charge in [-0.1, -0.05) is 0 Å². The van der Waals surface area contributed by atoms with Crippen molar-refractivity contribution >= 4 is 11.6 Å². The molecule has 0 heterocycles. The number of carbonyl (C=O) groups excluding carboxylic acids is 1. The maximum absolute atomic E-state index is 12.8. The van der Waals surface area contributed by atoms with E-state index in [0.717, 1.165) is 12.1 Å². The molecule has 0 saturated heterocycles. The van der Waals surface area contributed by atoms with Gasteiger partial charge in [-0.25, -0.2) is 4.39 Å². The van der Waals surface area contributed by atoms with E-state index in [1.54, 1.807) is 0 Å². The Morgan fingerprint density at radius 1 is 1.37 bits per heavy atom. The molecule has 3 N–H and O–H groups in total. The number of amides is 1. The summed E-state index contributed by atoms with van der Waals surface area (Å²) >= 11 is 0. The average molecular weight is 280 g/mol. The van der Waals surface area contributed by atoms with Gasteiger partial charge in [-0.3, -0.25) is 4.79 Å². The molecule has 8 heteroatoms. The smallest absolute Gasteiger partial charge is 0.396 e. The Bertz CT molecular complexity index is 449. The Hall–Kier alpha value is -1.83. The number of hydrogen-bond donors (Lipinski definition) is 2. The van der Waals surface area contributed by atoms with Crippen molar-refractivity contribution in [3.8, 4) is 0 Å². The highest BCUT2D eigenvalue weighted by Gasteiger charge is 2.27. The monoisotopic (exact) mass is 280 g/mol. The Kier molecular flexibility index (Phi) is 5.11. The molecule has 0 aliphatic rings. The standard InChI is InChI=1S/C11H12F4N2O2/c12-8-2-1-7(5-9(8)16)10(18)17-3-4-19-6-11(13,14)15/h1-2,5H,3-4,6,16H2,(H,17,18). The van der Waals surface area contributed by atoms with E-state index in [2.05, 4.69) is 10.1 Å². The van der Waals surface area contributed by atoms with Gasteiger partial charge in [0.25, 0.3) is 5.91 Å². The van der Waals surface area contributed by atoms with Gasteiger partial charge in [-0.15, -0.1) is 0 Å². The molecule has 0 aliphatic heterocycles. The van der Waals surface area contributed by atoms with Crippen molar-refractivity contribution in [2.45, 2.75) is 6.18 Å². The lowest BCUT2D eigenvalue weighted by molar-refractivity contribution is -0.173. The summed E-state index contributed by atoms with van der Waals surface area (Å²) < 4.78 is 52.3. The zero-order valence-corrected chi connectivity index (χ0v) is 9.76. The fourth-order valence-corrected chi connectivity index (χ4v) is 1.21. The first-order chi connectivity index (χ1) is 8.79. The molecular weight excluding hydrogens is 268 g/mol. The number of nitrogen functional groups attached to an aromatic ring is 1. The van der Waals surface area contributed by atoms with Crippen LogP contribution in [0, 0.1) is 5.82 Å².